The Hall–Kier alpha value is -1.15. The van der Waals surface area contributed by atoms with Crippen molar-refractivity contribution in [2.24, 2.45) is 0 Å². The van der Waals surface area contributed by atoms with Crippen LogP contribution in [0.2, 0.25) is 0 Å². The van der Waals surface area contributed by atoms with Crippen molar-refractivity contribution < 1.29 is 33.3 Å². The second kappa shape index (κ2) is 6.85. The lowest BCUT2D eigenvalue weighted by Gasteiger charge is -2.37. The van der Waals surface area contributed by atoms with Crippen LogP contribution in [0.15, 0.2) is 0 Å². The second-order valence-electron chi connectivity index (χ2n) is 3.96. The molecule has 0 amide bonds. The fraction of sp³-hybridized carbons (Fsp3) is 0.727. The van der Waals surface area contributed by atoms with Crippen molar-refractivity contribution in [1.82, 2.24) is 0 Å². The van der Waals surface area contributed by atoms with E-state index in [1.165, 1.54) is 21.0 Å². The Balaban J connectivity index is 2.83. The van der Waals surface area contributed by atoms with Gasteiger partial charge in [-0.2, -0.15) is 0 Å². The highest BCUT2D eigenvalue weighted by atomic mass is 79.9. The molecular weight excluding hydrogens is 324 g/mol. The Morgan fingerprint density at radius 1 is 1.16 bits per heavy atom. The summed E-state index contributed by atoms with van der Waals surface area (Å²) in [5, 5.41) is -0.765. The summed E-state index contributed by atoms with van der Waals surface area (Å²) >= 11 is 3.15. The molecule has 3 unspecified atom stereocenters. The number of methoxy groups -OCH3 is 1. The molecule has 0 bridgehead atoms. The van der Waals surface area contributed by atoms with Gasteiger partial charge in [0.25, 0.3) is 0 Å². The monoisotopic (exact) mass is 338 g/mol. The maximum absolute atomic E-state index is 11.5. The largest absolute Gasteiger partial charge is 0.467 e. The van der Waals surface area contributed by atoms with Crippen molar-refractivity contribution in [3.63, 3.8) is 0 Å². The molecule has 0 aromatic carbocycles. The molecule has 8 heteroatoms. The molecule has 108 valence electrons. The third-order valence-electron chi connectivity index (χ3n) is 2.45. The Labute approximate surface area is 118 Å². The molecule has 1 heterocycles. The van der Waals surface area contributed by atoms with Gasteiger partial charge in [-0.05, 0) is 0 Å². The molecule has 0 radical (unpaired) electrons. The first-order valence-electron chi connectivity index (χ1n) is 5.57. The van der Waals surface area contributed by atoms with Crippen LogP contribution in [0.25, 0.3) is 0 Å². The molecule has 1 fully saturated rings. The standard InChI is InChI=1S/C11H15BrO7/c1-5(13)17-7-4-8(11(15)16-3)19-10(12)9(7)18-6(2)14/h7-10H,4H2,1-3H3/t7?,8-,9?,10?/m0/s1. The zero-order valence-corrected chi connectivity index (χ0v) is 12.3. The number of alkyl halides is 1. The maximum Gasteiger partial charge on any atom is 0.335 e. The van der Waals surface area contributed by atoms with E-state index in [0.717, 1.165) is 0 Å². The van der Waals surface area contributed by atoms with E-state index in [2.05, 4.69) is 20.7 Å². The minimum Gasteiger partial charge on any atom is -0.467 e. The van der Waals surface area contributed by atoms with Gasteiger partial charge in [-0.25, -0.2) is 4.79 Å². The maximum atomic E-state index is 11.5. The number of carbonyl (C=O) groups is 3. The van der Waals surface area contributed by atoms with E-state index >= 15 is 0 Å². The lowest BCUT2D eigenvalue weighted by molar-refractivity contribution is -0.198. The van der Waals surface area contributed by atoms with Gasteiger partial charge in [0.05, 0.1) is 7.11 Å². The summed E-state index contributed by atoms with van der Waals surface area (Å²) in [7, 11) is 1.23. The average molecular weight is 339 g/mol. The fourth-order valence-corrected chi connectivity index (χ4v) is 2.45. The highest BCUT2D eigenvalue weighted by molar-refractivity contribution is 9.09. The zero-order chi connectivity index (χ0) is 14.6. The van der Waals surface area contributed by atoms with Gasteiger partial charge >= 0.3 is 17.9 Å². The van der Waals surface area contributed by atoms with Crippen molar-refractivity contribution in [3.05, 3.63) is 0 Å². The molecule has 0 N–H and O–H groups in total. The summed E-state index contributed by atoms with van der Waals surface area (Å²) in [5.74, 6) is -1.65. The molecule has 1 aliphatic heterocycles. The average Bonchev–Trinajstić information content (AvgIpc) is 2.31. The van der Waals surface area contributed by atoms with Crippen LogP contribution < -0.4 is 0 Å². The Morgan fingerprint density at radius 3 is 2.21 bits per heavy atom. The zero-order valence-electron chi connectivity index (χ0n) is 10.8. The predicted molar refractivity (Wildman–Crippen MR) is 65.3 cm³/mol. The van der Waals surface area contributed by atoms with Crippen LogP contribution in [0.3, 0.4) is 0 Å². The van der Waals surface area contributed by atoms with E-state index in [1.54, 1.807) is 0 Å². The Bertz CT molecular complexity index is 370. The lowest BCUT2D eigenvalue weighted by atomic mass is 10.0. The number of hydrogen-bond acceptors (Lipinski definition) is 7. The molecule has 7 nitrogen and oxygen atoms in total. The molecule has 0 aliphatic carbocycles. The van der Waals surface area contributed by atoms with Crippen molar-refractivity contribution in [3.8, 4) is 0 Å². The van der Waals surface area contributed by atoms with Crippen LogP contribution in [0.1, 0.15) is 20.3 Å². The normalized spacial score (nSPS) is 30.3. The van der Waals surface area contributed by atoms with Gasteiger partial charge in [0, 0.05) is 20.3 Å². The molecule has 1 saturated heterocycles. The van der Waals surface area contributed by atoms with E-state index in [0.29, 0.717) is 0 Å². The molecule has 19 heavy (non-hydrogen) atoms. The molecule has 0 aromatic rings. The molecule has 0 spiro atoms. The van der Waals surface area contributed by atoms with Crippen LogP contribution in [-0.2, 0) is 33.3 Å². The molecule has 1 rings (SSSR count). The minimum absolute atomic E-state index is 0.0618. The van der Waals surface area contributed by atoms with Gasteiger partial charge in [-0.3, -0.25) is 9.59 Å². The summed E-state index contributed by atoms with van der Waals surface area (Å²) in [6.45, 7) is 2.47. The van der Waals surface area contributed by atoms with Crippen LogP contribution in [0, 0.1) is 0 Å². The molecule has 0 aromatic heterocycles. The predicted octanol–water partition coefficient (Wildman–Crippen LogP) is 0.533. The Morgan fingerprint density at radius 2 is 1.74 bits per heavy atom. The van der Waals surface area contributed by atoms with Crippen molar-refractivity contribution >= 4 is 33.8 Å². The fourth-order valence-electron chi connectivity index (χ4n) is 1.74. The van der Waals surface area contributed by atoms with E-state index in [1.807, 2.05) is 0 Å². The molecular formula is C11H15BrO7. The summed E-state index contributed by atoms with van der Waals surface area (Å²) in [6, 6.07) is 0. The number of esters is 3. The van der Waals surface area contributed by atoms with Crippen molar-refractivity contribution in [1.29, 1.82) is 0 Å². The quantitative estimate of drug-likeness (QED) is 0.421. The van der Waals surface area contributed by atoms with Crippen molar-refractivity contribution in [2.75, 3.05) is 7.11 Å². The Kier molecular flexibility index (Phi) is 5.74. The highest BCUT2D eigenvalue weighted by Gasteiger charge is 2.44. The van der Waals surface area contributed by atoms with Gasteiger partial charge < -0.3 is 18.9 Å². The lowest BCUT2D eigenvalue weighted by Crippen LogP contribution is -2.51. The summed E-state index contributed by atoms with van der Waals surface area (Å²) in [4.78, 5) is 33.5. The van der Waals surface area contributed by atoms with E-state index < -0.39 is 41.2 Å². The van der Waals surface area contributed by atoms with Crippen LogP contribution in [0.5, 0.6) is 0 Å². The second-order valence-corrected chi connectivity index (χ2v) is 4.86. The number of rotatable bonds is 3. The SMILES string of the molecule is COC(=O)[C@@H]1CC(OC(C)=O)C(OC(C)=O)C(Br)O1. The smallest absolute Gasteiger partial charge is 0.335 e. The first-order valence-corrected chi connectivity index (χ1v) is 6.48. The van der Waals surface area contributed by atoms with E-state index in [-0.39, 0.29) is 6.42 Å². The summed E-state index contributed by atoms with van der Waals surface area (Å²) in [6.07, 6.45) is -2.41. The van der Waals surface area contributed by atoms with Gasteiger partial charge in [0.1, 0.15) is 6.10 Å². The first-order chi connectivity index (χ1) is 8.85. The summed E-state index contributed by atoms with van der Waals surface area (Å²) in [5.41, 5.74) is 0. The first kappa shape index (κ1) is 15.9. The van der Waals surface area contributed by atoms with E-state index in [4.69, 9.17) is 14.2 Å². The number of halogens is 1. The number of ether oxygens (including phenoxy) is 4. The van der Waals surface area contributed by atoms with Crippen LogP contribution in [-0.4, -0.2) is 48.3 Å². The molecule has 0 saturated carbocycles. The molecule has 4 atom stereocenters. The van der Waals surface area contributed by atoms with Crippen LogP contribution in [0.4, 0.5) is 0 Å². The van der Waals surface area contributed by atoms with E-state index in [9.17, 15) is 14.4 Å². The highest BCUT2D eigenvalue weighted by Crippen LogP contribution is 2.29. The van der Waals surface area contributed by atoms with Gasteiger partial charge in [0.2, 0.25) is 0 Å². The summed E-state index contributed by atoms with van der Waals surface area (Å²) < 4.78 is 20.0. The minimum atomic E-state index is -0.884. The number of carbonyl (C=O) groups excluding carboxylic acids is 3. The van der Waals surface area contributed by atoms with Crippen molar-refractivity contribution in [2.45, 2.75) is 43.6 Å². The third-order valence-corrected chi connectivity index (χ3v) is 3.19. The third kappa shape index (κ3) is 4.46. The number of hydrogen-bond donors (Lipinski definition) is 0. The van der Waals surface area contributed by atoms with Crippen LogP contribution >= 0.6 is 15.9 Å². The van der Waals surface area contributed by atoms with Gasteiger partial charge in [0.15, 0.2) is 17.2 Å². The topological polar surface area (TPSA) is 88.1 Å². The van der Waals surface area contributed by atoms with Gasteiger partial charge in [-0.15, -0.1) is 0 Å². The molecule has 1 aliphatic rings. The van der Waals surface area contributed by atoms with Gasteiger partial charge in [-0.1, -0.05) is 15.9 Å².